The minimum Gasteiger partial charge on any atom is -0.394 e. The van der Waals surface area contributed by atoms with Crippen molar-refractivity contribution in [3.05, 3.63) is 0 Å². The molecule has 6 unspecified atom stereocenters. The summed E-state index contributed by atoms with van der Waals surface area (Å²) in [5, 5.41) is 54.3. The Balaban J connectivity index is 1.82. The highest BCUT2D eigenvalue weighted by Gasteiger charge is 2.40. The molecule has 1 aliphatic carbocycles. The maximum atomic E-state index is 12.0. The highest BCUT2D eigenvalue weighted by molar-refractivity contribution is 5.80. The predicted octanol–water partition coefficient (Wildman–Crippen LogP) is -4.14. The van der Waals surface area contributed by atoms with Gasteiger partial charge < -0.3 is 57.1 Å². The number of nitrogens with one attached hydrogen (secondary N) is 2. The Hall–Kier alpha value is -0.930. The van der Waals surface area contributed by atoms with Crippen molar-refractivity contribution in [1.29, 1.82) is 0 Å². The van der Waals surface area contributed by atoms with Gasteiger partial charge in [0.2, 0.25) is 5.91 Å². The highest BCUT2D eigenvalue weighted by Crippen LogP contribution is 2.27. The molecule has 12 nitrogen and oxygen atoms in total. The lowest BCUT2D eigenvalue weighted by atomic mass is 9.86. The second-order valence-corrected chi connectivity index (χ2v) is 8.35. The fourth-order valence-electron chi connectivity index (χ4n) is 3.93. The lowest BCUT2D eigenvalue weighted by Crippen LogP contribution is -2.58. The van der Waals surface area contributed by atoms with Gasteiger partial charge in [0, 0.05) is 31.6 Å². The molecular weight excluding hydrogens is 412 g/mol. The fourth-order valence-corrected chi connectivity index (χ4v) is 3.93. The summed E-state index contributed by atoms with van der Waals surface area (Å²) in [6.45, 7) is 0.244. The normalized spacial score (nSPS) is 36.0. The Labute approximate surface area is 181 Å². The first-order chi connectivity index (χ1) is 14.7. The molecule has 1 aliphatic heterocycles. The van der Waals surface area contributed by atoms with Crippen LogP contribution in [0.1, 0.15) is 32.1 Å². The monoisotopic (exact) mass is 450 g/mol. The quantitative estimate of drug-likeness (QED) is 0.147. The van der Waals surface area contributed by atoms with Gasteiger partial charge in [0.15, 0.2) is 6.29 Å². The molecule has 0 aromatic carbocycles. The molecule has 0 aromatic heterocycles. The summed E-state index contributed by atoms with van der Waals surface area (Å²) in [5.74, 6) is -0.541. The summed E-state index contributed by atoms with van der Waals surface area (Å²) in [4.78, 5) is 12.0. The average Bonchev–Trinajstić information content (AvgIpc) is 2.72. The Kier molecular flexibility index (Phi) is 11.0. The van der Waals surface area contributed by atoms with Crippen LogP contribution in [0.25, 0.3) is 0 Å². The second-order valence-electron chi connectivity index (χ2n) is 8.35. The minimum absolute atomic E-state index is 0.152. The van der Waals surface area contributed by atoms with Crippen molar-refractivity contribution in [1.82, 2.24) is 10.6 Å². The first-order valence-electron chi connectivity index (χ1n) is 10.9. The molecule has 12 heteroatoms. The average molecular weight is 451 g/mol. The molecule has 1 saturated heterocycles. The third-order valence-electron chi connectivity index (χ3n) is 5.67. The Morgan fingerprint density at radius 3 is 2.58 bits per heavy atom. The molecule has 31 heavy (non-hydrogen) atoms. The van der Waals surface area contributed by atoms with E-state index in [-0.39, 0.29) is 39.1 Å². The Morgan fingerprint density at radius 1 is 1.19 bits per heavy atom. The molecule has 11 N–H and O–H groups in total. The third-order valence-corrected chi connectivity index (χ3v) is 5.67. The molecule has 0 spiro atoms. The number of hydrogen-bond acceptors (Lipinski definition) is 11. The van der Waals surface area contributed by atoms with Gasteiger partial charge in [-0.1, -0.05) is 0 Å². The molecule has 2 aliphatic rings. The van der Waals surface area contributed by atoms with E-state index in [0.29, 0.717) is 19.3 Å². The zero-order valence-corrected chi connectivity index (χ0v) is 17.7. The predicted molar refractivity (Wildman–Crippen MR) is 110 cm³/mol. The molecule has 182 valence electrons. The van der Waals surface area contributed by atoms with Crippen LogP contribution >= 0.6 is 0 Å². The number of nitrogens with two attached hydrogens (primary N) is 2. The van der Waals surface area contributed by atoms with Crippen LogP contribution in [0.5, 0.6) is 0 Å². The molecule has 1 heterocycles. The van der Waals surface area contributed by atoms with Gasteiger partial charge in [0.1, 0.15) is 12.2 Å². The first-order valence-corrected chi connectivity index (χ1v) is 10.9. The molecule has 2 rings (SSSR count). The van der Waals surface area contributed by atoms with Gasteiger partial charge in [0.25, 0.3) is 0 Å². The number of carbonyl (C=O) groups is 1. The summed E-state index contributed by atoms with van der Waals surface area (Å²) in [6.07, 6.45) is -4.07. The fraction of sp³-hybridized carbons (Fsp3) is 0.947. The minimum atomic E-state index is -1.20. The summed E-state index contributed by atoms with van der Waals surface area (Å²) in [7, 11) is 0. The third kappa shape index (κ3) is 8.17. The summed E-state index contributed by atoms with van der Waals surface area (Å²) >= 11 is 0. The molecule has 0 aromatic rings. The maximum absolute atomic E-state index is 12.0. The summed E-state index contributed by atoms with van der Waals surface area (Å²) in [6, 6.07) is -0.957. The van der Waals surface area contributed by atoms with Crippen molar-refractivity contribution in [3.8, 4) is 0 Å². The van der Waals surface area contributed by atoms with E-state index >= 15 is 0 Å². The Bertz CT molecular complexity index is 533. The van der Waals surface area contributed by atoms with Crippen molar-refractivity contribution in [2.45, 2.75) is 87.1 Å². The number of aliphatic hydroxyl groups excluding tert-OH is 5. The number of ether oxygens (including phenoxy) is 2. The number of hydrogen-bond donors (Lipinski definition) is 9. The van der Waals surface area contributed by atoms with Crippen LogP contribution in [0.3, 0.4) is 0 Å². The van der Waals surface area contributed by atoms with Crippen LogP contribution in [0.15, 0.2) is 0 Å². The van der Waals surface area contributed by atoms with E-state index in [1.165, 1.54) is 0 Å². The van der Waals surface area contributed by atoms with Crippen LogP contribution < -0.4 is 22.1 Å². The van der Waals surface area contributed by atoms with Gasteiger partial charge >= 0.3 is 0 Å². The van der Waals surface area contributed by atoms with Gasteiger partial charge in [0.05, 0.1) is 31.0 Å². The van der Waals surface area contributed by atoms with Crippen molar-refractivity contribution < 1.29 is 39.8 Å². The largest absolute Gasteiger partial charge is 0.394 e. The van der Waals surface area contributed by atoms with Crippen molar-refractivity contribution in [2.24, 2.45) is 11.5 Å². The van der Waals surface area contributed by atoms with Crippen LogP contribution in [-0.4, -0.2) is 113 Å². The second kappa shape index (κ2) is 12.9. The molecule has 2 fully saturated rings. The van der Waals surface area contributed by atoms with Crippen LogP contribution in [0.4, 0.5) is 0 Å². The van der Waals surface area contributed by atoms with E-state index in [0.717, 1.165) is 0 Å². The first kappa shape index (κ1) is 26.3. The van der Waals surface area contributed by atoms with E-state index in [1.54, 1.807) is 0 Å². The van der Waals surface area contributed by atoms with Crippen LogP contribution in [0.2, 0.25) is 0 Å². The van der Waals surface area contributed by atoms with Crippen molar-refractivity contribution in [2.75, 3.05) is 26.2 Å². The Morgan fingerprint density at radius 2 is 1.94 bits per heavy atom. The topological polar surface area (TPSA) is 213 Å². The van der Waals surface area contributed by atoms with Crippen LogP contribution in [0, 0.1) is 0 Å². The van der Waals surface area contributed by atoms with E-state index in [4.69, 9.17) is 26.0 Å². The van der Waals surface area contributed by atoms with Gasteiger partial charge in [-0.25, -0.2) is 0 Å². The zero-order chi connectivity index (χ0) is 23.0. The van der Waals surface area contributed by atoms with Gasteiger partial charge in [-0.15, -0.1) is 0 Å². The van der Waals surface area contributed by atoms with Crippen molar-refractivity contribution in [3.63, 3.8) is 0 Å². The summed E-state index contributed by atoms with van der Waals surface area (Å²) < 4.78 is 11.7. The molecule has 9 atom stereocenters. The SMILES string of the molecule is NCCC(O)C(=O)NC1CC(N)[C@@H](O[C@@H]2CC[C@H](O)C(CNCC(O)CO)O2)C(O)C1. The van der Waals surface area contributed by atoms with Crippen LogP contribution in [-0.2, 0) is 14.3 Å². The highest BCUT2D eigenvalue weighted by atomic mass is 16.7. The standard InChI is InChI=1S/C19H38N4O8/c20-4-3-14(27)19(29)23-10-5-12(21)18(15(28)6-10)31-17-2-1-13(26)16(30-17)8-22-7-11(25)9-24/h10-18,22,24-28H,1-9,20-21H2,(H,23,29)/t10?,11?,12?,13-,14?,15?,16?,17+,18+/m0/s1. The van der Waals surface area contributed by atoms with E-state index in [2.05, 4.69) is 10.6 Å². The number of amides is 1. The number of carbonyl (C=O) groups excluding carboxylic acids is 1. The van der Waals surface area contributed by atoms with Gasteiger partial charge in [-0.05, 0) is 32.2 Å². The molecule has 1 amide bonds. The lowest BCUT2D eigenvalue weighted by molar-refractivity contribution is -0.255. The van der Waals surface area contributed by atoms with E-state index in [9.17, 15) is 25.2 Å². The lowest BCUT2D eigenvalue weighted by Gasteiger charge is -2.42. The maximum Gasteiger partial charge on any atom is 0.249 e. The molecule has 0 bridgehead atoms. The number of rotatable bonds is 11. The zero-order valence-electron chi connectivity index (χ0n) is 17.7. The van der Waals surface area contributed by atoms with Crippen molar-refractivity contribution >= 4 is 5.91 Å². The molecular formula is C19H38N4O8. The van der Waals surface area contributed by atoms with E-state index in [1.807, 2.05) is 0 Å². The molecule has 1 saturated carbocycles. The summed E-state index contributed by atoms with van der Waals surface area (Å²) in [5.41, 5.74) is 11.5. The molecule has 0 radical (unpaired) electrons. The van der Waals surface area contributed by atoms with Gasteiger partial charge in [-0.2, -0.15) is 0 Å². The number of aliphatic hydroxyl groups is 5. The van der Waals surface area contributed by atoms with E-state index < -0.39 is 60.9 Å². The smallest absolute Gasteiger partial charge is 0.249 e. The van der Waals surface area contributed by atoms with Gasteiger partial charge in [-0.3, -0.25) is 4.79 Å².